The van der Waals surface area contributed by atoms with Crippen molar-refractivity contribution in [2.45, 2.75) is 35.2 Å². The zero-order valence-electron chi connectivity index (χ0n) is 11.9. The monoisotopic (exact) mass is 409 g/mol. The van der Waals surface area contributed by atoms with Gasteiger partial charge in [-0.3, -0.25) is 4.79 Å². The van der Waals surface area contributed by atoms with Crippen LogP contribution >= 0.6 is 34.2 Å². The van der Waals surface area contributed by atoms with Crippen molar-refractivity contribution in [3.63, 3.8) is 0 Å². The van der Waals surface area contributed by atoms with Gasteiger partial charge in [-0.15, -0.1) is 11.6 Å². The van der Waals surface area contributed by atoms with Gasteiger partial charge in [0.1, 0.15) is 8.55 Å². The number of hydrogen-bond donors (Lipinski definition) is 1. The van der Waals surface area contributed by atoms with Gasteiger partial charge in [-0.2, -0.15) is 0 Å². The third-order valence-corrected chi connectivity index (χ3v) is 5.54. The lowest BCUT2D eigenvalue weighted by atomic mass is 9.94. The molecule has 1 aliphatic carbocycles. The van der Waals surface area contributed by atoms with Crippen LogP contribution in [-0.2, 0) is 10.5 Å². The van der Waals surface area contributed by atoms with Gasteiger partial charge in [-0.25, -0.2) is 4.39 Å². The Bertz CT molecular complexity index is 553. The number of carbonyl (C=O) groups excluding carboxylic acids is 1. The Morgan fingerprint density at radius 2 is 2.05 bits per heavy atom. The summed E-state index contributed by atoms with van der Waals surface area (Å²) < 4.78 is 13.5. The van der Waals surface area contributed by atoms with Gasteiger partial charge in [-0.1, -0.05) is 46.4 Å². The smallest absolute Gasteiger partial charge is 0.226 e. The number of alkyl halides is 3. The SMILES string of the molecule is CNC(=O)[C@H]1[C@H](c2cc(C)cc(C(C)(C)F)c2)C1(Cl)I. The highest BCUT2D eigenvalue weighted by atomic mass is 127. The topological polar surface area (TPSA) is 29.1 Å². The number of rotatable bonds is 3. The molecular weight excluding hydrogens is 392 g/mol. The van der Waals surface area contributed by atoms with Crippen molar-refractivity contribution in [1.29, 1.82) is 0 Å². The lowest BCUT2D eigenvalue weighted by Gasteiger charge is -2.17. The van der Waals surface area contributed by atoms with E-state index in [1.165, 1.54) is 13.8 Å². The molecule has 0 spiro atoms. The molecule has 1 saturated carbocycles. The molecule has 1 unspecified atom stereocenters. The Kier molecular flexibility index (Phi) is 4.11. The number of halogens is 3. The molecule has 0 bridgehead atoms. The average Bonchev–Trinajstić information content (AvgIpc) is 2.89. The molecule has 0 radical (unpaired) electrons. The number of nitrogens with one attached hydrogen (secondary N) is 1. The summed E-state index contributed by atoms with van der Waals surface area (Å²) in [6.45, 7) is 5.00. The van der Waals surface area contributed by atoms with Crippen molar-refractivity contribution < 1.29 is 9.18 Å². The summed E-state index contributed by atoms with van der Waals surface area (Å²) >= 11 is 8.54. The largest absolute Gasteiger partial charge is 0.359 e. The zero-order chi connectivity index (χ0) is 15.3. The number of hydrogen-bond acceptors (Lipinski definition) is 1. The van der Waals surface area contributed by atoms with E-state index in [0.717, 1.165) is 11.1 Å². The molecule has 1 amide bonds. The minimum atomic E-state index is -1.40. The third kappa shape index (κ3) is 2.82. The quantitative estimate of drug-likeness (QED) is 0.593. The molecule has 2 rings (SSSR count). The molecule has 0 saturated heterocycles. The summed E-state index contributed by atoms with van der Waals surface area (Å²) in [5, 5.41) is 2.64. The standard InChI is InChI=1S/C15H18ClFINO/c1-8-5-9(7-10(6-8)14(2,3)17)11-12(13(20)19-4)15(11,16)18/h5-7,11-12H,1-4H3,(H,19,20)/t11-,12+,15?/m0/s1. The van der Waals surface area contributed by atoms with Crippen LogP contribution in [-0.4, -0.2) is 15.8 Å². The minimum absolute atomic E-state index is 0.0676. The molecule has 3 atom stereocenters. The highest BCUT2D eigenvalue weighted by Crippen LogP contribution is 2.66. The van der Waals surface area contributed by atoms with Crippen LogP contribution in [0.3, 0.4) is 0 Å². The number of amides is 1. The Hall–Kier alpha value is -0.360. The maximum Gasteiger partial charge on any atom is 0.226 e. The van der Waals surface area contributed by atoms with Crippen molar-refractivity contribution >= 4 is 40.1 Å². The van der Waals surface area contributed by atoms with E-state index in [9.17, 15) is 9.18 Å². The van der Waals surface area contributed by atoms with E-state index in [0.29, 0.717) is 5.56 Å². The highest BCUT2D eigenvalue weighted by Gasteiger charge is 2.66. The van der Waals surface area contributed by atoms with Gasteiger partial charge in [0.15, 0.2) is 0 Å². The first-order valence-corrected chi connectivity index (χ1v) is 7.95. The normalized spacial score (nSPS) is 29.1. The highest BCUT2D eigenvalue weighted by molar-refractivity contribution is 14.1. The first-order valence-electron chi connectivity index (χ1n) is 6.49. The Morgan fingerprint density at radius 3 is 2.55 bits per heavy atom. The van der Waals surface area contributed by atoms with Crippen LogP contribution in [0.25, 0.3) is 0 Å². The third-order valence-electron chi connectivity index (χ3n) is 3.73. The van der Waals surface area contributed by atoms with Crippen molar-refractivity contribution in [3.8, 4) is 0 Å². The maximum atomic E-state index is 14.2. The van der Waals surface area contributed by atoms with Gasteiger partial charge in [0.05, 0.1) is 5.92 Å². The molecule has 1 aliphatic rings. The summed E-state index contributed by atoms with van der Waals surface area (Å²) in [7, 11) is 1.60. The zero-order valence-corrected chi connectivity index (χ0v) is 14.8. The molecule has 20 heavy (non-hydrogen) atoms. The van der Waals surface area contributed by atoms with Crippen LogP contribution in [0.15, 0.2) is 18.2 Å². The minimum Gasteiger partial charge on any atom is -0.359 e. The molecule has 5 heteroatoms. The fourth-order valence-electron chi connectivity index (χ4n) is 2.56. The van der Waals surface area contributed by atoms with E-state index in [1.807, 2.05) is 25.1 Å². The van der Waals surface area contributed by atoms with E-state index < -0.39 is 8.55 Å². The molecule has 0 heterocycles. The van der Waals surface area contributed by atoms with Gasteiger partial charge in [-0.05, 0) is 31.9 Å². The van der Waals surface area contributed by atoms with E-state index in [4.69, 9.17) is 11.6 Å². The van der Waals surface area contributed by atoms with Crippen LogP contribution < -0.4 is 5.32 Å². The number of carbonyl (C=O) groups is 1. The van der Waals surface area contributed by atoms with Crippen molar-refractivity contribution in [1.82, 2.24) is 5.32 Å². The lowest BCUT2D eigenvalue weighted by Crippen LogP contribution is -2.22. The molecule has 2 nitrogen and oxygen atoms in total. The average molecular weight is 410 g/mol. The summed E-state index contributed by atoms with van der Waals surface area (Å²) in [6.07, 6.45) is 0. The molecule has 1 N–H and O–H groups in total. The van der Waals surface area contributed by atoms with Gasteiger partial charge < -0.3 is 5.32 Å². The summed E-state index contributed by atoms with van der Waals surface area (Å²) in [6, 6.07) is 5.65. The van der Waals surface area contributed by atoms with Gasteiger partial charge in [0.2, 0.25) is 5.91 Å². The second kappa shape index (κ2) is 5.13. The van der Waals surface area contributed by atoms with Gasteiger partial charge >= 0.3 is 0 Å². The van der Waals surface area contributed by atoms with Crippen LogP contribution in [0.1, 0.15) is 36.5 Å². The lowest BCUT2D eigenvalue weighted by molar-refractivity contribution is -0.121. The Morgan fingerprint density at radius 1 is 1.45 bits per heavy atom. The first kappa shape index (κ1) is 16.0. The van der Waals surface area contributed by atoms with Crippen LogP contribution in [0.4, 0.5) is 4.39 Å². The molecule has 1 aromatic carbocycles. The molecule has 0 aromatic heterocycles. The second-order valence-corrected chi connectivity index (χ2v) is 8.90. The number of benzene rings is 1. The maximum absolute atomic E-state index is 14.2. The van der Waals surface area contributed by atoms with E-state index in [2.05, 4.69) is 27.9 Å². The summed E-state index contributed by atoms with van der Waals surface area (Å²) in [4.78, 5) is 11.9. The van der Waals surface area contributed by atoms with E-state index >= 15 is 0 Å². The number of aryl methyl sites for hydroxylation is 1. The second-order valence-electron chi connectivity index (χ2n) is 5.85. The predicted octanol–water partition coefficient (Wildman–Crippen LogP) is 4.03. The van der Waals surface area contributed by atoms with Crippen molar-refractivity contribution in [2.24, 2.45) is 5.92 Å². The first-order chi connectivity index (χ1) is 9.09. The summed E-state index contributed by atoms with van der Waals surface area (Å²) in [5.41, 5.74) is 1.13. The predicted molar refractivity (Wildman–Crippen MR) is 88.2 cm³/mol. The van der Waals surface area contributed by atoms with Crippen LogP contribution in [0.2, 0.25) is 0 Å². The summed E-state index contributed by atoms with van der Waals surface area (Å²) in [5.74, 6) is -0.417. The molecule has 0 aliphatic heterocycles. The molecule has 1 aromatic rings. The molecular formula is C15H18ClFINO. The molecule has 1 fully saturated rings. The Balaban J connectivity index is 2.40. The van der Waals surface area contributed by atoms with Gasteiger partial charge in [0.25, 0.3) is 0 Å². The Labute approximate surface area is 137 Å². The fourth-order valence-corrected chi connectivity index (χ4v) is 4.15. The van der Waals surface area contributed by atoms with Crippen molar-refractivity contribution in [2.75, 3.05) is 7.05 Å². The van der Waals surface area contributed by atoms with E-state index in [1.54, 1.807) is 7.05 Å². The fraction of sp³-hybridized carbons (Fsp3) is 0.533. The van der Waals surface area contributed by atoms with E-state index in [-0.39, 0.29) is 17.7 Å². The molecule has 110 valence electrons. The van der Waals surface area contributed by atoms with Crippen molar-refractivity contribution in [3.05, 3.63) is 34.9 Å². The van der Waals surface area contributed by atoms with Gasteiger partial charge in [0, 0.05) is 13.0 Å². The van der Waals surface area contributed by atoms with Crippen LogP contribution in [0, 0.1) is 12.8 Å². The van der Waals surface area contributed by atoms with Crippen LogP contribution in [0.5, 0.6) is 0 Å².